The van der Waals surface area contributed by atoms with Crippen LogP contribution < -0.4 is 0 Å². The fraction of sp³-hybridized carbons (Fsp3) is 0.286. The zero-order valence-electron chi connectivity index (χ0n) is 11.5. The first-order chi connectivity index (χ1) is 10.6. The second-order valence-electron chi connectivity index (χ2n) is 4.63. The number of ether oxygens (including phenoxy) is 1. The van der Waals surface area contributed by atoms with Gasteiger partial charge in [-0.1, -0.05) is 0 Å². The van der Waals surface area contributed by atoms with Crippen LogP contribution in [0, 0.1) is 16.2 Å². The zero-order chi connectivity index (χ0) is 16.1. The second-order valence-corrected chi connectivity index (χ2v) is 4.63. The van der Waals surface area contributed by atoms with E-state index in [1.54, 1.807) is 6.07 Å². The van der Waals surface area contributed by atoms with Crippen LogP contribution in [0.3, 0.4) is 0 Å². The molecule has 0 radical (unpaired) electrons. The standard InChI is InChI=1S/C14H13N3O5/c15-7-10(14(20)17-2-1-3-22-8-17)4-9-5-11(16-21)13(19)12(18)6-9/h4-6,18-19H,1-3,8H2/b10-4+. The normalized spacial score (nSPS) is 15.2. The minimum atomic E-state index is -0.651. The lowest BCUT2D eigenvalue weighted by Crippen LogP contribution is -2.38. The van der Waals surface area contributed by atoms with Crippen LogP contribution in [0.4, 0.5) is 5.69 Å². The van der Waals surface area contributed by atoms with E-state index < -0.39 is 17.4 Å². The largest absolute Gasteiger partial charge is 0.504 e. The van der Waals surface area contributed by atoms with Gasteiger partial charge in [0, 0.05) is 6.54 Å². The number of carbonyl (C=O) groups is 1. The van der Waals surface area contributed by atoms with Crippen LogP contribution in [0.1, 0.15) is 12.0 Å². The highest BCUT2D eigenvalue weighted by atomic mass is 16.5. The maximum Gasteiger partial charge on any atom is 0.266 e. The third-order valence-corrected chi connectivity index (χ3v) is 3.10. The molecule has 1 amide bonds. The molecule has 0 unspecified atom stereocenters. The molecule has 8 nitrogen and oxygen atoms in total. The summed E-state index contributed by atoms with van der Waals surface area (Å²) in [4.78, 5) is 24.2. The van der Waals surface area contributed by atoms with E-state index in [0.717, 1.165) is 6.07 Å². The van der Waals surface area contributed by atoms with E-state index in [0.29, 0.717) is 19.6 Å². The molecule has 1 fully saturated rings. The summed E-state index contributed by atoms with van der Waals surface area (Å²) in [5, 5.41) is 30.6. The maximum atomic E-state index is 12.2. The van der Waals surface area contributed by atoms with Gasteiger partial charge in [-0.3, -0.25) is 4.79 Å². The predicted octanol–water partition coefficient (Wildman–Crippen LogP) is 1.61. The Balaban J connectivity index is 2.32. The molecule has 114 valence electrons. The van der Waals surface area contributed by atoms with Crippen molar-refractivity contribution in [2.24, 2.45) is 5.18 Å². The van der Waals surface area contributed by atoms with Crippen LogP contribution in [-0.2, 0) is 9.53 Å². The molecule has 1 aromatic rings. The molecule has 0 spiro atoms. The number of amides is 1. The zero-order valence-corrected chi connectivity index (χ0v) is 11.5. The number of nitriles is 1. The van der Waals surface area contributed by atoms with Crippen molar-refractivity contribution in [3.05, 3.63) is 28.2 Å². The Morgan fingerprint density at radius 2 is 2.23 bits per heavy atom. The van der Waals surface area contributed by atoms with Crippen LogP contribution in [0.15, 0.2) is 22.9 Å². The smallest absolute Gasteiger partial charge is 0.266 e. The molecule has 2 rings (SSSR count). The molecular weight excluding hydrogens is 290 g/mol. The number of benzene rings is 1. The van der Waals surface area contributed by atoms with E-state index in [-0.39, 0.29) is 23.6 Å². The second kappa shape index (κ2) is 6.69. The number of nitrogens with zero attached hydrogens (tertiary/aromatic N) is 3. The molecule has 0 bridgehead atoms. The first-order valence-corrected chi connectivity index (χ1v) is 6.45. The molecule has 1 aliphatic rings. The molecule has 1 saturated heterocycles. The van der Waals surface area contributed by atoms with Crippen molar-refractivity contribution in [3.63, 3.8) is 0 Å². The number of phenolic OH excluding ortho intramolecular Hbond substituents is 2. The Morgan fingerprint density at radius 1 is 1.45 bits per heavy atom. The summed E-state index contributed by atoms with van der Waals surface area (Å²) < 4.78 is 5.16. The van der Waals surface area contributed by atoms with E-state index in [2.05, 4.69) is 5.18 Å². The lowest BCUT2D eigenvalue weighted by atomic mass is 10.1. The van der Waals surface area contributed by atoms with Gasteiger partial charge < -0.3 is 19.8 Å². The van der Waals surface area contributed by atoms with Crippen molar-refractivity contribution in [2.45, 2.75) is 6.42 Å². The van der Waals surface area contributed by atoms with Gasteiger partial charge in [0.2, 0.25) is 0 Å². The minimum absolute atomic E-state index is 0.111. The summed E-state index contributed by atoms with van der Waals surface area (Å²) in [6, 6.07) is 4.07. The molecule has 1 heterocycles. The van der Waals surface area contributed by atoms with Gasteiger partial charge in [-0.05, 0) is 35.4 Å². The SMILES string of the molecule is N#C/C(=C\c1cc(O)c(O)c(N=O)c1)C(=O)N1CCCOC1. The monoisotopic (exact) mass is 303 g/mol. The predicted molar refractivity (Wildman–Crippen MR) is 76.0 cm³/mol. The molecule has 1 aromatic carbocycles. The number of phenols is 2. The number of rotatable bonds is 3. The topological polar surface area (TPSA) is 123 Å². The van der Waals surface area contributed by atoms with Gasteiger partial charge in [-0.2, -0.15) is 5.26 Å². The van der Waals surface area contributed by atoms with E-state index in [1.165, 1.54) is 17.0 Å². The highest BCUT2D eigenvalue weighted by Crippen LogP contribution is 2.37. The lowest BCUT2D eigenvalue weighted by Gasteiger charge is -2.26. The summed E-state index contributed by atoms with van der Waals surface area (Å²) in [6.07, 6.45) is 1.90. The number of hydrogen-bond donors (Lipinski definition) is 2. The van der Waals surface area contributed by atoms with E-state index >= 15 is 0 Å². The van der Waals surface area contributed by atoms with Crippen LogP contribution >= 0.6 is 0 Å². The summed E-state index contributed by atoms with van der Waals surface area (Å²) in [5.74, 6) is -1.72. The van der Waals surface area contributed by atoms with Crippen molar-refractivity contribution in [1.29, 1.82) is 5.26 Å². The van der Waals surface area contributed by atoms with Gasteiger partial charge >= 0.3 is 0 Å². The van der Waals surface area contributed by atoms with E-state index in [9.17, 15) is 19.9 Å². The maximum absolute atomic E-state index is 12.2. The number of hydrogen-bond acceptors (Lipinski definition) is 7. The molecule has 2 N–H and O–H groups in total. The van der Waals surface area contributed by atoms with Crippen LogP contribution in [-0.4, -0.2) is 40.9 Å². The summed E-state index contributed by atoms with van der Waals surface area (Å²) in [7, 11) is 0. The molecule has 0 saturated carbocycles. The molecule has 22 heavy (non-hydrogen) atoms. The third-order valence-electron chi connectivity index (χ3n) is 3.10. The van der Waals surface area contributed by atoms with Gasteiger partial charge in [-0.15, -0.1) is 4.91 Å². The van der Waals surface area contributed by atoms with Crippen molar-refractivity contribution in [2.75, 3.05) is 19.9 Å². The summed E-state index contributed by atoms with van der Waals surface area (Å²) in [5.41, 5.74) is -0.350. The number of carbonyl (C=O) groups excluding carboxylic acids is 1. The molecular formula is C14H13N3O5. The average Bonchev–Trinajstić information content (AvgIpc) is 2.55. The molecule has 0 aliphatic carbocycles. The number of nitroso groups, excluding NO2 is 1. The van der Waals surface area contributed by atoms with Crippen molar-refractivity contribution in [3.8, 4) is 17.6 Å². The van der Waals surface area contributed by atoms with Gasteiger partial charge in [0.25, 0.3) is 5.91 Å². The fourth-order valence-electron chi connectivity index (χ4n) is 2.01. The van der Waals surface area contributed by atoms with E-state index in [1.807, 2.05) is 0 Å². The van der Waals surface area contributed by atoms with Gasteiger partial charge in [0.05, 0.1) is 6.61 Å². The van der Waals surface area contributed by atoms with Crippen LogP contribution in [0.25, 0.3) is 6.08 Å². The Kier molecular flexibility index (Phi) is 4.70. The molecule has 0 atom stereocenters. The Bertz CT molecular complexity index is 672. The Labute approximate surface area is 125 Å². The summed E-state index contributed by atoms with van der Waals surface area (Å²) in [6.45, 7) is 1.16. The van der Waals surface area contributed by atoms with Crippen LogP contribution in [0.2, 0.25) is 0 Å². The van der Waals surface area contributed by atoms with Crippen molar-refractivity contribution < 1.29 is 19.7 Å². The van der Waals surface area contributed by atoms with Crippen molar-refractivity contribution >= 4 is 17.7 Å². The average molecular weight is 303 g/mol. The molecule has 1 aliphatic heterocycles. The molecule has 0 aromatic heterocycles. The van der Waals surface area contributed by atoms with Crippen LogP contribution in [0.5, 0.6) is 11.5 Å². The van der Waals surface area contributed by atoms with Crippen molar-refractivity contribution in [1.82, 2.24) is 4.90 Å². The minimum Gasteiger partial charge on any atom is -0.504 e. The highest BCUT2D eigenvalue weighted by molar-refractivity contribution is 6.01. The number of aromatic hydroxyl groups is 2. The lowest BCUT2D eigenvalue weighted by molar-refractivity contribution is -0.135. The van der Waals surface area contributed by atoms with Gasteiger partial charge in [0.15, 0.2) is 17.2 Å². The highest BCUT2D eigenvalue weighted by Gasteiger charge is 2.21. The van der Waals surface area contributed by atoms with Gasteiger partial charge in [-0.25, -0.2) is 0 Å². The Morgan fingerprint density at radius 3 is 2.82 bits per heavy atom. The Hall–Kier alpha value is -2.92. The fourth-order valence-corrected chi connectivity index (χ4v) is 2.01. The molecule has 8 heteroatoms. The quantitative estimate of drug-likeness (QED) is 0.378. The summed E-state index contributed by atoms with van der Waals surface area (Å²) >= 11 is 0. The first kappa shape index (κ1) is 15.5. The van der Waals surface area contributed by atoms with E-state index in [4.69, 9.17) is 10.00 Å². The van der Waals surface area contributed by atoms with Gasteiger partial charge in [0.1, 0.15) is 18.4 Å². The third kappa shape index (κ3) is 3.21. The first-order valence-electron chi connectivity index (χ1n) is 6.45.